The molecule has 2 saturated heterocycles. The number of amides is 1. The third-order valence-electron chi connectivity index (χ3n) is 7.00. The quantitative estimate of drug-likeness (QED) is 0.374. The van der Waals surface area contributed by atoms with Crippen LogP contribution in [-0.2, 0) is 16.1 Å². The molecular weight excluding hydrogens is 524 g/mol. The lowest BCUT2D eigenvalue weighted by Crippen LogP contribution is -2.45. The number of fused-ring (bicyclic) bond motifs is 1. The number of anilines is 3. The fourth-order valence-corrected chi connectivity index (χ4v) is 6.21. The highest BCUT2D eigenvalue weighted by molar-refractivity contribution is 7.21. The van der Waals surface area contributed by atoms with E-state index in [0.29, 0.717) is 6.54 Å². The lowest BCUT2D eigenvalue weighted by atomic mass is 10.1. The van der Waals surface area contributed by atoms with Gasteiger partial charge in [0, 0.05) is 57.6 Å². The van der Waals surface area contributed by atoms with Crippen LogP contribution in [0.1, 0.15) is 32.3 Å². The Morgan fingerprint density at radius 1 is 1.18 bits per heavy atom. The molecule has 2 aliphatic heterocycles. The van der Waals surface area contributed by atoms with Gasteiger partial charge in [0.1, 0.15) is 22.0 Å². The van der Waals surface area contributed by atoms with E-state index in [2.05, 4.69) is 51.5 Å². The van der Waals surface area contributed by atoms with E-state index in [-0.39, 0.29) is 24.2 Å². The number of piperidine rings is 1. The average Bonchev–Trinajstić information content (AvgIpc) is 3.30. The average molecular weight is 565 g/mol. The van der Waals surface area contributed by atoms with Crippen molar-refractivity contribution in [3.05, 3.63) is 48.2 Å². The number of thiazole rings is 1. The first-order chi connectivity index (χ1) is 19.3. The van der Waals surface area contributed by atoms with Gasteiger partial charge in [-0.3, -0.25) is 9.69 Å². The SMILES string of the molecule is CC1CN(Cc2cc(Nc3nc4cccnc4s3)nc(NC3CCCN(C(=O)C=CCN(C)C)C3)c2)CC(C)O1. The number of likely N-dealkylation sites (N-methyl/N-ethyl adjacent to an activating group) is 1. The molecule has 0 bridgehead atoms. The highest BCUT2D eigenvalue weighted by atomic mass is 32.1. The zero-order valence-electron chi connectivity index (χ0n) is 23.8. The maximum atomic E-state index is 12.8. The Kier molecular flexibility index (Phi) is 9.25. The van der Waals surface area contributed by atoms with Gasteiger partial charge in [0.2, 0.25) is 5.91 Å². The molecular formula is C29H40N8O2S. The second-order valence-electron chi connectivity index (χ2n) is 11.1. The number of likely N-dealkylation sites (tertiary alicyclic amines) is 1. The number of pyridine rings is 2. The molecule has 3 aromatic heterocycles. The van der Waals surface area contributed by atoms with Gasteiger partial charge in [0.15, 0.2) is 5.13 Å². The van der Waals surface area contributed by atoms with Crippen molar-refractivity contribution in [2.24, 2.45) is 0 Å². The molecule has 0 radical (unpaired) electrons. The minimum absolute atomic E-state index is 0.0671. The summed E-state index contributed by atoms with van der Waals surface area (Å²) in [7, 11) is 3.99. The first-order valence-electron chi connectivity index (χ1n) is 14.0. The van der Waals surface area contributed by atoms with E-state index >= 15 is 0 Å². The molecule has 40 heavy (non-hydrogen) atoms. The van der Waals surface area contributed by atoms with Crippen molar-refractivity contribution in [3.8, 4) is 0 Å². The van der Waals surface area contributed by atoms with Crippen LogP contribution in [0.3, 0.4) is 0 Å². The maximum absolute atomic E-state index is 12.8. The lowest BCUT2D eigenvalue weighted by molar-refractivity contribution is -0.127. The van der Waals surface area contributed by atoms with Crippen LogP contribution in [0.15, 0.2) is 42.6 Å². The minimum Gasteiger partial charge on any atom is -0.373 e. The molecule has 2 aliphatic rings. The van der Waals surface area contributed by atoms with Gasteiger partial charge in [-0.25, -0.2) is 15.0 Å². The second kappa shape index (κ2) is 13.0. The summed E-state index contributed by atoms with van der Waals surface area (Å²) in [6, 6.07) is 8.22. The van der Waals surface area contributed by atoms with Crippen LogP contribution >= 0.6 is 11.3 Å². The van der Waals surface area contributed by atoms with Gasteiger partial charge in [0.25, 0.3) is 0 Å². The smallest absolute Gasteiger partial charge is 0.246 e. The molecule has 3 aromatic rings. The Morgan fingerprint density at radius 3 is 2.75 bits per heavy atom. The number of hydrogen-bond acceptors (Lipinski definition) is 10. The van der Waals surface area contributed by atoms with Crippen molar-refractivity contribution >= 4 is 44.4 Å². The highest BCUT2D eigenvalue weighted by Gasteiger charge is 2.25. The van der Waals surface area contributed by atoms with Crippen LogP contribution in [0.25, 0.3) is 10.3 Å². The van der Waals surface area contributed by atoms with Crippen molar-refractivity contribution < 1.29 is 9.53 Å². The number of nitrogens with zero attached hydrogens (tertiary/aromatic N) is 6. The fraction of sp³-hybridized carbons (Fsp3) is 0.517. The van der Waals surface area contributed by atoms with Gasteiger partial charge >= 0.3 is 0 Å². The van der Waals surface area contributed by atoms with Crippen molar-refractivity contribution in [3.63, 3.8) is 0 Å². The van der Waals surface area contributed by atoms with Crippen LogP contribution < -0.4 is 10.6 Å². The van der Waals surface area contributed by atoms with E-state index in [1.54, 1.807) is 12.3 Å². The molecule has 11 heteroatoms. The van der Waals surface area contributed by atoms with Gasteiger partial charge in [0.05, 0.1) is 12.2 Å². The lowest BCUT2D eigenvalue weighted by Gasteiger charge is -2.35. The van der Waals surface area contributed by atoms with E-state index in [4.69, 9.17) is 9.72 Å². The van der Waals surface area contributed by atoms with Crippen molar-refractivity contribution in [2.45, 2.75) is 51.5 Å². The summed E-state index contributed by atoms with van der Waals surface area (Å²) in [5.41, 5.74) is 2.03. The van der Waals surface area contributed by atoms with Crippen LogP contribution in [0, 0.1) is 0 Å². The summed E-state index contributed by atoms with van der Waals surface area (Å²) < 4.78 is 5.94. The molecule has 214 valence electrons. The summed E-state index contributed by atoms with van der Waals surface area (Å²) in [4.78, 5) is 34.1. The Labute approximate surface area is 240 Å². The van der Waals surface area contributed by atoms with Gasteiger partial charge in [-0.05, 0) is 70.6 Å². The number of carbonyl (C=O) groups is 1. The first-order valence-corrected chi connectivity index (χ1v) is 14.9. The predicted molar refractivity (Wildman–Crippen MR) is 161 cm³/mol. The summed E-state index contributed by atoms with van der Waals surface area (Å²) in [5.74, 6) is 1.61. The molecule has 0 aliphatic carbocycles. The molecule has 10 nitrogen and oxygen atoms in total. The third-order valence-corrected chi connectivity index (χ3v) is 7.90. The van der Waals surface area contributed by atoms with Crippen LogP contribution in [-0.4, -0.2) is 101 Å². The first kappa shape index (κ1) is 28.4. The maximum Gasteiger partial charge on any atom is 0.246 e. The largest absolute Gasteiger partial charge is 0.373 e. The van der Waals surface area contributed by atoms with Gasteiger partial charge in [-0.15, -0.1) is 0 Å². The summed E-state index contributed by atoms with van der Waals surface area (Å²) in [5, 5.41) is 7.82. The molecule has 3 atom stereocenters. The molecule has 0 aromatic carbocycles. The molecule has 5 rings (SSSR count). The second-order valence-corrected chi connectivity index (χ2v) is 12.1. The molecule has 0 saturated carbocycles. The number of rotatable bonds is 9. The number of morpholine rings is 1. The van der Waals surface area contributed by atoms with E-state index in [1.165, 1.54) is 11.3 Å². The standard InChI is InChI=1S/C29H40N8O2S/c1-20-16-36(17-21(2)39-20)18-22-14-25(31-23-8-6-13-37(19-23)27(38)10-7-12-35(3)4)33-26(15-22)34-29-32-24-9-5-11-30-28(24)40-29/h5,7,9-11,14-15,20-21,23H,6,8,12-13,16-19H2,1-4H3,(H2,31,32,33,34). The van der Waals surface area contributed by atoms with Crippen LogP contribution in [0.2, 0.25) is 0 Å². The Morgan fingerprint density at radius 2 is 1.98 bits per heavy atom. The number of carbonyl (C=O) groups excluding carboxylic acids is 1. The Balaban J connectivity index is 1.33. The zero-order valence-corrected chi connectivity index (χ0v) is 24.7. The molecule has 0 spiro atoms. The predicted octanol–water partition coefficient (Wildman–Crippen LogP) is 3.96. The molecule has 2 N–H and O–H groups in total. The van der Waals surface area contributed by atoms with Gasteiger partial charge in [-0.2, -0.15) is 0 Å². The number of ether oxygens (including phenoxy) is 1. The van der Waals surface area contributed by atoms with Gasteiger partial charge < -0.3 is 25.2 Å². The van der Waals surface area contributed by atoms with E-state index in [9.17, 15) is 4.79 Å². The third kappa shape index (κ3) is 7.75. The monoisotopic (exact) mass is 564 g/mol. The molecule has 3 unspecified atom stereocenters. The van der Waals surface area contributed by atoms with Crippen molar-refractivity contribution in [2.75, 3.05) is 57.5 Å². The van der Waals surface area contributed by atoms with Crippen LogP contribution in [0.5, 0.6) is 0 Å². The summed E-state index contributed by atoms with van der Waals surface area (Å²) in [6.07, 6.45) is 7.75. The number of nitrogens with one attached hydrogen (secondary N) is 2. The number of hydrogen-bond donors (Lipinski definition) is 2. The fourth-order valence-electron chi connectivity index (χ4n) is 5.40. The molecule has 1 amide bonds. The van der Waals surface area contributed by atoms with E-state index < -0.39 is 0 Å². The molecule has 2 fully saturated rings. The number of aromatic nitrogens is 3. The normalized spacial score (nSPS) is 22.3. The summed E-state index contributed by atoms with van der Waals surface area (Å²) >= 11 is 1.51. The van der Waals surface area contributed by atoms with Gasteiger partial charge in [-0.1, -0.05) is 17.4 Å². The van der Waals surface area contributed by atoms with Crippen LogP contribution in [0.4, 0.5) is 16.8 Å². The summed E-state index contributed by atoms with van der Waals surface area (Å²) in [6.45, 7) is 9.02. The van der Waals surface area contributed by atoms with Crippen molar-refractivity contribution in [1.29, 1.82) is 0 Å². The van der Waals surface area contributed by atoms with E-state index in [1.807, 2.05) is 42.1 Å². The van der Waals surface area contributed by atoms with E-state index in [0.717, 1.165) is 78.2 Å². The topological polar surface area (TPSA) is 98.8 Å². The Hall–Kier alpha value is -3.12. The Bertz CT molecular complexity index is 1290. The minimum atomic E-state index is 0.0671. The highest BCUT2D eigenvalue weighted by Crippen LogP contribution is 2.28. The zero-order chi connectivity index (χ0) is 28.1. The van der Waals surface area contributed by atoms with Crippen molar-refractivity contribution in [1.82, 2.24) is 29.7 Å². The molecule has 5 heterocycles.